The molecule has 0 radical (unpaired) electrons. The van der Waals surface area contributed by atoms with E-state index in [1.807, 2.05) is 48.5 Å². The van der Waals surface area contributed by atoms with Gasteiger partial charge in [-0.15, -0.1) is 0 Å². The lowest BCUT2D eigenvalue weighted by Gasteiger charge is -2.34. The smallest absolute Gasteiger partial charge is 0.248 e. The average molecular weight is 729 g/mol. The number of hydrogen-bond donors (Lipinski definition) is 2. The highest BCUT2D eigenvalue weighted by molar-refractivity contribution is 6.03. The molecule has 2 N–H and O–H groups in total. The SMILES string of the molecule is COc1ccc(C=CC(=O)Nc2ccc(C3(c4ccc(NC(=O)C=Cc5ccc(OC)c(OC)c5)cc4)c4ccccc4-c4ccccc43)cc2)cc1OC. The Hall–Kier alpha value is -7.06. The van der Waals surface area contributed by atoms with Crippen molar-refractivity contribution >= 4 is 35.3 Å². The maximum atomic E-state index is 13.0. The standard InChI is InChI=1S/C47H40N2O6/c1-52-41-25-13-31(29-43(41)54-3)15-27-45(50)48-35-21-17-33(18-22-35)47(39-11-7-5-9-37(39)38-10-6-8-12-40(38)47)34-19-23-36(24-20-34)49-46(51)28-16-32-14-26-42(53-2)44(30-32)55-4/h5-30H,1-4H3,(H,48,50)(H,49,51). The summed E-state index contributed by atoms with van der Waals surface area (Å²) >= 11 is 0. The van der Waals surface area contributed by atoms with E-state index < -0.39 is 5.41 Å². The number of nitrogens with one attached hydrogen (secondary N) is 2. The average Bonchev–Trinajstić information content (AvgIpc) is 3.53. The Labute approximate surface area is 320 Å². The van der Waals surface area contributed by atoms with E-state index in [1.165, 1.54) is 12.2 Å². The molecule has 55 heavy (non-hydrogen) atoms. The van der Waals surface area contributed by atoms with Crippen LogP contribution in [0.15, 0.2) is 146 Å². The van der Waals surface area contributed by atoms with Gasteiger partial charge in [-0.05, 0) is 105 Å². The Bertz CT molecular complexity index is 2240. The fourth-order valence-electron chi connectivity index (χ4n) is 7.26. The minimum atomic E-state index is -0.654. The highest BCUT2D eigenvalue weighted by Crippen LogP contribution is 2.56. The summed E-state index contributed by atoms with van der Waals surface area (Å²) in [7, 11) is 6.32. The van der Waals surface area contributed by atoms with Crippen LogP contribution in [0.3, 0.4) is 0 Å². The molecule has 8 heteroatoms. The number of hydrogen-bond acceptors (Lipinski definition) is 6. The van der Waals surface area contributed by atoms with Gasteiger partial charge in [-0.3, -0.25) is 9.59 Å². The Kier molecular flexibility index (Phi) is 10.5. The molecule has 0 saturated heterocycles. The number of ether oxygens (including phenoxy) is 4. The first-order valence-electron chi connectivity index (χ1n) is 17.7. The number of rotatable bonds is 12. The van der Waals surface area contributed by atoms with Gasteiger partial charge in [0.15, 0.2) is 23.0 Å². The lowest BCUT2D eigenvalue weighted by atomic mass is 9.67. The highest BCUT2D eigenvalue weighted by atomic mass is 16.5. The van der Waals surface area contributed by atoms with E-state index >= 15 is 0 Å². The van der Waals surface area contributed by atoms with Crippen molar-refractivity contribution in [3.63, 3.8) is 0 Å². The Balaban J connectivity index is 1.16. The Morgan fingerprint density at radius 3 is 1.24 bits per heavy atom. The molecule has 0 aromatic heterocycles. The van der Waals surface area contributed by atoms with Gasteiger partial charge in [-0.25, -0.2) is 0 Å². The van der Waals surface area contributed by atoms with Crippen LogP contribution in [0.5, 0.6) is 23.0 Å². The number of fused-ring (bicyclic) bond motifs is 3. The van der Waals surface area contributed by atoms with Crippen molar-refractivity contribution in [1.82, 2.24) is 0 Å². The molecule has 6 aromatic rings. The molecule has 0 atom stereocenters. The minimum Gasteiger partial charge on any atom is -0.493 e. The number of anilines is 2. The molecular formula is C47H40N2O6. The van der Waals surface area contributed by atoms with Gasteiger partial charge in [0.05, 0.1) is 33.9 Å². The molecule has 0 unspecified atom stereocenters. The van der Waals surface area contributed by atoms with Crippen LogP contribution in [0.1, 0.15) is 33.4 Å². The van der Waals surface area contributed by atoms with Crippen LogP contribution in [-0.4, -0.2) is 40.3 Å². The zero-order chi connectivity index (χ0) is 38.4. The number of amides is 2. The maximum Gasteiger partial charge on any atom is 0.248 e. The van der Waals surface area contributed by atoms with Crippen molar-refractivity contribution in [1.29, 1.82) is 0 Å². The number of carbonyl (C=O) groups excluding carboxylic acids is 2. The first kappa shape index (κ1) is 36.3. The lowest BCUT2D eigenvalue weighted by Crippen LogP contribution is -2.28. The fraction of sp³-hybridized carbons (Fsp3) is 0.106. The van der Waals surface area contributed by atoms with Crippen molar-refractivity contribution in [2.45, 2.75) is 5.41 Å². The molecule has 6 aromatic carbocycles. The second-order valence-electron chi connectivity index (χ2n) is 12.9. The maximum absolute atomic E-state index is 13.0. The third-order valence-corrected chi connectivity index (χ3v) is 9.79. The molecule has 1 aliphatic carbocycles. The predicted octanol–water partition coefficient (Wildman–Crippen LogP) is 9.39. The number of methoxy groups -OCH3 is 4. The first-order valence-corrected chi connectivity index (χ1v) is 17.7. The molecule has 2 amide bonds. The summed E-state index contributed by atoms with van der Waals surface area (Å²) in [6.45, 7) is 0. The van der Waals surface area contributed by atoms with Gasteiger partial charge in [-0.1, -0.05) is 84.9 Å². The van der Waals surface area contributed by atoms with Crippen molar-refractivity contribution in [2.75, 3.05) is 39.1 Å². The monoisotopic (exact) mass is 728 g/mol. The quantitative estimate of drug-likeness (QED) is 0.122. The Morgan fingerprint density at radius 1 is 0.473 bits per heavy atom. The predicted molar refractivity (Wildman–Crippen MR) is 218 cm³/mol. The summed E-state index contributed by atoms with van der Waals surface area (Å²) in [4.78, 5) is 26.0. The molecule has 7 rings (SSSR count). The summed E-state index contributed by atoms with van der Waals surface area (Å²) < 4.78 is 21.4. The third kappa shape index (κ3) is 7.18. The van der Waals surface area contributed by atoms with Crippen LogP contribution in [-0.2, 0) is 15.0 Å². The molecule has 0 spiro atoms. The summed E-state index contributed by atoms with van der Waals surface area (Å²) in [6, 6.07) is 43.9. The zero-order valence-corrected chi connectivity index (χ0v) is 31.0. The van der Waals surface area contributed by atoms with Gasteiger partial charge in [0.1, 0.15) is 0 Å². The highest BCUT2D eigenvalue weighted by Gasteiger charge is 2.45. The van der Waals surface area contributed by atoms with Crippen LogP contribution in [0, 0.1) is 0 Å². The molecule has 0 bridgehead atoms. The van der Waals surface area contributed by atoms with Crippen LogP contribution in [0.2, 0.25) is 0 Å². The summed E-state index contributed by atoms with van der Waals surface area (Å²) in [5.74, 6) is 1.89. The van der Waals surface area contributed by atoms with Crippen LogP contribution in [0.25, 0.3) is 23.3 Å². The topological polar surface area (TPSA) is 95.1 Å². The Morgan fingerprint density at radius 2 is 0.855 bits per heavy atom. The third-order valence-electron chi connectivity index (χ3n) is 9.79. The lowest BCUT2D eigenvalue weighted by molar-refractivity contribution is -0.112. The van der Waals surface area contributed by atoms with Gasteiger partial charge < -0.3 is 29.6 Å². The van der Waals surface area contributed by atoms with Gasteiger partial charge in [0.2, 0.25) is 11.8 Å². The summed E-state index contributed by atoms with van der Waals surface area (Å²) in [6.07, 6.45) is 6.44. The van der Waals surface area contributed by atoms with Crippen molar-refractivity contribution in [2.24, 2.45) is 0 Å². The molecule has 0 aliphatic heterocycles. The molecule has 1 aliphatic rings. The van der Waals surface area contributed by atoms with E-state index in [0.717, 1.165) is 44.5 Å². The van der Waals surface area contributed by atoms with E-state index in [-0.39, 0.29) is 11.8 Å². The van der Waals surface area contributed by atoms with Crippen LogP contribution >= 0.6 is 0 Å². The van der Waals surface area contributed by atoms with Crippen molar-refractivity contribution in [3.8, 4) is 34.1 Å². The van der Waals surface area contributed by atoms with Crippen LogP contribution in [0.4, 0.5) is 11.4 Å². The second kappa shape index (κ2) is 15.9. The van der Waals surface area contributed by atoms with E-state index in [2.05, 4.69) is 83.4 Å². The van der Waals surface area contributed by atoms with E-state index in [1.54, 1.807) is 52.7 Å². The van der Waals surface area contributed by atoms with E-state index in [4.69, 9.17) is 18.9 Å². The van der Waals surface area contributed by atoms with E-state index in [9.17, 15) is 9.59 Å². The first-order chi connectivity index (χ1) is 26.9. The van der Waals surface area contributed by atoms with E-state index in [0.29, 0.717) is 34.4 Å². The molecular weight excluding hydrogens is 689 g/mol. The minimum absolute atomic E-state index is 0.259. The molecule has 0 heterocycles. The zero-order valence-electron chi connectivity index (χ0n) is 31.0. The summed E-state index contributed by atoms with van der Waals surface area (Å²) in [5, 5.41) is 5.98. The van der Waals surface area contributed by atoms with Crippen molar-refractivity contribution < 1.29 is 28.5 Å². The summed E-state index contributed by atoms with van der Waals surface area (Å²) in [5.41, 5.74) is 9.00. The fourth-order valence-corrected chi connectivity index (χ4v) is 7.26. The molecule has 8 nitrogen and oxygen atoms in total. The van der Waals surface area contributed by atoms with Crippen molar-refractivity contribution in [3.05, 3.63) is 179 Å². The van der Waals surface area contributed by atoms with Gasteiger partial charge >= 0.3 is 0 Å². The van der Waals surface area contributed by atoms with Gasteiger partial charge in [0.25, 0.3) is 0 Å². The molecule has 274 valence electrons. The van der Waals surface area contributed by atoms with Gasteiger partial charge in [0, 0.05) is 23.5 Å². The van der Waals surface area contributed by atoms with Gasteiger partial charge in [-0.2, -0.15) is 0 Å². The molecule has 0 saturated carbocycles. The largest absolute Gasteiger partial charge is 0.493 e. The molecule has 0 fully saturated rings. The number of carbonyl (C=O) groups is 2. The number of benzene rings is 6. The van der Waals surface area contributed by atoms with Crippen LogP contribution < -0.4 is 29.6 Å². The second-order valence-corrected chi connectivity index (χ2v) is 12.9. The normalized spacial score (nSPS) is 12.5.